The van der Waals surface area contributed by atoms with Crippen LogP contribution in [0.1, 0.15) is 18.9 Å². The predicted octanol–water partition coefficient (Wildman–Crippen LogP) is 2.83. The van der Waals surface area contributed by atoms with Gasteiger partial charge in [-0.2, -0.15) is 0 Å². The van der Waals surface area contributed by atoms with Crippen molar-refractivity contribution in [1.29, 1.82) is 0 Å². The molecule has 0 amide bonds. The third-order valence-corrected chi connectivity index (χ3v) is 3.91. The van der Waals surface area contributed by atoms with Gasteiger partial charge in [0.25, 0.3) is 0 Å². The molecule has 0 spiro atoms. The molecule has 0 saturated heterocycles. The van der Waals surface area contributed by atoms with Crippen LogP contribution in [0.4, 0.5) is 8.78 Å². The first-order valence-electron chi connectivity index (χ1n) is 7.12. The van der Waals surface area contributed by atoms with Gasteiger partial charge < -0.3 is 16.0 Å². The molecule has 0 aromatic heterocycles. The van der Waals surface area contributed by atoms with E-state index in [0.717, 1.165) is 0 Å². The van der Waals surface area contributed by atoms with E-state index in [0.29, 0.717) is 13.0 Å². The third-order valence-electron chi connectivity index (χ3n) is 3.80. The van der Waals surface area contributed by atoms with Crippen LogP contribution in [0.3, 0.4) is 0 Å². The highest BCUT2D eigenvalue weighted by Gasteiger charge is 2.32. The van der Waals surface area contributed by atoms with Crippen molar-refractivity contribution in [3.05, 3.63) is 59.8 Å². The van der Waals surface area contributed by atoms with Gasteiger partial charge >= 0.3 is 0 Å². The van der Waals surface area contributed by atoms with Gasteiger partial charge in [-0.1, -0.05) is 19.1 Å². The van der Waals surface area contributed by atoms with Gasteiger partial charge in [0.15, 0.2) is 5.11 Å². The molecule has 0 radical (unpaired) electrons. The van der Waals surface area contributed by atoms with Gasteiger partial charge in [0.05, 0.1) is 0 Å². The van der Waals surface area contributed by atoms with E-state index >= 15 is 0 Å². The van der Waals surface area contributed by atoms with Gasteiger partial charge in [-0.05, 0) is 49.3 Å². The second-order valence-electron chi connectivity index (χ2n) is 5.11. The molecule has 1 aromatic rings. The highest BCUT2D eigenvalue weighted by atomic mass is 32.1. The van der Waals surface area contributed by atoms with Crippen molar-refractivity contribution in [3.63, 3.8) is 0 Å². The van der Waals surface area contributed by atoms with Crippen molar-refractivity contribution in [3.8, 4) is 0 Å². The summed E-state index contributed by atoms with van der Waals surface area (Å²) >= 11 is 4.95. The van der Waals surface area contributed by atoms with Gasteiger partial charge in [0.1, 0.15) is 17.3 Å². The third kappa shape index (κ3) is 3.44. The van der Waals surface area contributed by atoms with Crippen LogP contribution in [0.25, 0.3) is 0 Å². The molecule has 2 rings (SSSR count). The first kappa shape index (κ1) is 16.4. The van der Waals surface area contributed by atoms with Crippen molar-refractivity contribution >= 4 is 17.3 Å². The Bertz CT molecular complexity index is 595. The zero-order valence-corrected chi connectivity index (χ0v) is 13.2. The minimum Gasteiger partial charge on any atom is -0.376 e. The number of allylic oxidation sites excluding steroid dienone is 2. The van der Waals surface area contributed by atoms with Gasteiger partial charge in [0, 0.05) is 18.3 Å². The van der Waals surface area contributed by atoms with E-state index in [1.54, 1.807) is 0 Å². The number of nitrogens with two attached hydrogens (primary N) is 1. The molecular formula is C16H19F2N3S. The highest BCUT2D eigenvalue weighted by molar-refractivity contribution is 7.80. The van der Waals surface area contributed by atoms with Crippen molar-refractivity contribution < 1.29 is 8.78 Å². The number of benzene rings is 1. The Kier molecular flexibility index (Phi) is 5.13. The quantitative estimate of drug-likeness (QED) is 0.818. The topological polar surface area (TPSA) is 41.3 Å². The lowest BCUT2D eigenvalue weighted by molar-refractivity contribution is 0.170. The van der Waals surface area contributed by atoms with Gasteiger partial charge in [-0.25, -0.2) is 8.78 Å². The average molecular weight is 323 g/mol. The highest BCUT2D eigenvalue weighted by Crippen LogP contribution is 2.24. The van der Waals surface area contributed by atoms with E-state index in [-0.39, 0.29) is 17.1 Å². The van der Waals surface area contributed by atoms with Crippen LogP contribution in [-0.2, 0) is 6.42 Å². The molecule has 118 valence electrons. The number of rotatable bonds is 5. The lowest BCUT2D eigenvalue weighted by Gasteiger charge is -2.43. The number of halogens is 2. The summed E-state index contributed by atoms with van der Waals surface area (Å²) in [4.78, 5) is 1.96. The van der Waals surface area contributed by atoms with Crippen LogP contribution in [-0.4, -0.2) is 22.2 Å². The summed E-state index contributed by atoms with van der Waals surface area (Å²) in [5, 5.41) is 3.25. The second kappa shape index (κ2) is 6.87. The lowest BCUT2D eigenvalue weighted by Crippen LogP contribution is -2.59. The second-order valence-corrected chi connectivity index (χ2v) is 5.55. The molecule has 1 unspecified atom stereocenters. The summed E-state index contributed by atoms with van der Waals surface area (Å²) in [7, 11) is 0. The normalized spacial score (nSPS) is 20.2. The number of thiocarbonyl (C=S) groups is 1. The minimum absolute atomic E-state index is 0.0887. The minimum atomic E-state index is -0.567. The number of nitrogens with zero attached hydrogens (tertiary/aromatic N) is 1. The Morgan fingerprint density at radius 3 is 2.59 bits per heavy atom. The van der Waals surface area contributed by atoms with Crippen LogP contribution < -0.4 is 11.1 Å². The average Bonchev–Trinajstić information content (AvgIpc) is 2.47. The Labute approximate surface area is 134 Å². The van der Waals surface area contributed by atoms with E-state index < -0.39 is 17.3 Å². The Morgan fingerprint density at radius 2 is 2.00 bits per heavy atom. The Hall–Kier alpha value is -1.95. The molecule has 0 bridgehead atoms. The van der Waals surface area contributed by atoms with Crippen molar-refractivity contribution in [2.75, 3.05) is 6.54 Å². The van der Waals surface area contributed by atoms with Crippen LogP contribution in [0.5, 0.6) is 0 Å². The zero-order chi connectivity index (χ0) is 16.2. The van der Waals surface area contributed by atoms with Gasteiger partial charge in [-0.3, -0.25) is 0 Å². The number of nitrogens with one attached hydrogen (secondary N) is 1. The predicted molar refractivity (Wildman–Crippen MR) is 88.0 cm³/mol. The lowest BCUT2D eigenvalue weighted by atomic mass is 10.0. The monoisotopic (exact) mass is 323 g/mol. The molecular weight excluding hydrogens is 304 g/mol. The largest absolute Gasteiger partial charge is 0.376 e. The molecule has 1 aliphatic heterocycles. The summed E-state index contributed by atoms with van der Waals surface area (Å²) in [6.45, 7) is 2.42. The molecule has 3 nitrogen and oxygen atoms in total. The maximum atomic E-state index is 13.7. The summed E-state index contributed by atoms with van der Waals surface area (Å²) in [6, 6.07) is 3.90. The van der Waals surface area contributed by atoms with E-state index in [1.165, 1.54) is 18.2 Å². The molecule has 0 fully saturated rings. The molecule has 6 heteroatoms. The van der Waals surface area contributed by atoms with E-state index in [9.17, 15) is 8.78 Å². The molecule has 1 atom stereocenters. The standard InChI is InChI=1S/C16H19F2N3S/c1-2-16(20-15(19)22)9-3-4-10-21(16)11-8-12-13(17)6-5-7-14(12)18/h3-7,9-10H,2,8,11H2,1H3,(H3,19,20,22). The fraction of sp³-hybridized carbons (Fsp3) is 0.312. The summed E-state index contributed by atoms with van der Waals surface area (Å²) < 4.78 is 27.5. The summed E-state index contributed by atoms with van der Waals surface area (Å²) in [6.07, 6.45) is 8.53. The molecule has 3 N–H and O–H groups in total. The Balaban J connectivity index is 2.18. The van der Waals surface area contributed by atoms with Crippen LogP contribution >= 0.6 is 12.2 Å². The van der Waals surface area contributed by atoms with Crippen molar-refractivity contribution in [2.24, 2.45) is 5.73 Å². The van der Waals surface area contributed by atoms with Gasteiger partial charge in [0.2, 0.25) is 0 Å². The SMILES string of the molecule is CCC1(NC(N)=S)C=CC=CN1CCc1c(F)cccc1F. The Morgan fingerprint density at radius 1 is 1.32 bits per heavy atom. The van der Waals surface area contributed by atoms with Gasteiger partial charge in [-0.15, -0.1) is 0 Å². The molecule has 1 aliphatic rings. The zero-order valence-electron chi connectivity index (χ0n) is 12.4. The molecule has 22 heavy (non-hydrogen) atoms. The van der Waals surface area contributed by atoms with Crippen LogP contribution in [0.15, 0.2) is 42.6 Å². The van der Waals surface area contributed by atoms with Crippen LogP contribution in [0.2, 0.25) is 0 Å². The molecule has 1 heterocycles. The van der Waals surface area contributed by atoms with E-state index in [4.69, 9.17) is 18.0 Å². The van der Waals surface area contributed by atoms with E-state index in [2.05, 4.69) is 5.32 Å². The summed E-state index contributed by atoms with van der Waals surface area (Å²) in [5.41, 5.74) is 5.14. The van der Waals surface area contributed by atoms with Crippen molar-refractivity contribution in [1.82, 2.24) is 10.2 Å². The smallest absolute Gasteiger partial charge is 0.165 e. The summed E-state index contributed by atoms with van der Waals surface area (Å²) in [5.74, 6) is -1.05. The van der Waals surface area contributed by atoms with Crippen molar-refractivity contribution in [2.45, 2.75) is 25.4 Å². The first-order valence-corrected chi connectivity index (χ1v) is 7.52. The number of hydrogen-bond donors (Lipinski definition) is 2. The number of hydrogen-bond acceptors (Lipinski definition) is 2. The molecule has 0 aliphatic carbocycles. The fourth-order valence-electron chi connectivity index (χ4n) is 2.61. The first-order chi connectivity index (χ1) is 10.5. The molecule has 1 aromatic carbocycles. The fourth-order valence-corrected chi connectivity index (χ4v) is 2.79. The van der Waals surface area contributed by atoms with Crippen LogP contribution in [0, 0.1) is 11.6 Å². The van der Waals surface area contributed by atoms with E-state index in [1.807, 2.05) is 36.3 Å². The maximum Gasteiger partial charge on any atom is 0.165 e. The molecule has 0 saturated carbocycles. The maximum absolute atomic E-state index is 13.7.